The van der Waals surface area contributed by atoms with Gasteiger partial charge >= 0.3 is 6.18 Å². The van der Waals surface area contributed by atoms with Crippen LogP contribution in [0.5, 0.6) is 0 Å². The average Bonchev–Trinajstić information content (AvgIpc) is 3.03. The molecule has 1 N–H and O–H groups in total. The molecule has 3 aromatic rings. The van der Waals surface area contributed by atoms with E-state index in [0.29, 0.717) is 22.8 Å². The fraction of sp³-hybridized carbons (Fsp3) is 0.250. The maximum atomic E-state index is 12.5. The lowest BCUT2D eigenvalue weighted by atomic mass is 10.3. The largest absolute Gasteiger partial charge is 0.427 e. The molecule has 0 radical (unpaired) electrons. The molecule has 0 aromatic carbocycles. The van der Waals surface area contributed by atoms with Crippen LogP contribution in [0.15, 0.2) is 30.6 Å². The summed E-state index contributed by atoms with van der Waals surface area (Å²) in [6.07, 6.45) is -1.75. The van der Waals surface area contributed by atoms with Gasteiger partial charge in [0.25, 0.3) is 0 Å². The van der Waals surface area contributed by atoms with Crippen LogP contribution in [0.4, 0.5) is 18.3 Å². The zero-order chi connectivity index (χ0) is 15.0. The first-order valence-corrected chi connectivity index (χ1v) is 6.86. The summed E-state index contributed by atoms with van der Waals surface area (Å²) in [5.41, 5.74) is 0.677. The van der Waals surface area contributed by atoms with Crippen molar-refractivity contribution in [1.29, 1.82) is 0 Å². The second-order valence-electron chi connectivity index (χ2n) is 4.38. The van der Waals surface area contributed by atoms with Gasteiger partial charge in [-0.1, -0.05) is 17.4 Å². The van der Waals surface area contributed by atoms with E-state index in [1.807, 2.05) is 12.1 Å². The van der Waals surface area contributed by atoms with Gasteiger partial charge in [-0.25, -0.2) is 4.98 Å². The van der Waals surface area contributed by atoms with Crippen LogP contribution in [-0.4, -0.2) is 19.6 Å². The summed E-state index contributed by atoms with van der Waals surface area (Å²) in [6, 6.07) is 5.14. The van der Waals surface area contributed by atoms with E-state index >= 15 is 0 Å². The van der Waals surface area contributed by atoms with E-state index in [0.717, 1.165) is 6.20 Å². The van der Waals surface area contributed by atoms with Crippen LogP contribution in [0.3, 0.4) is 0 Å². The van der Waals surface area contributed by atoms with Crippen molar-refractivity contribution in [3.05, 3.63) is 41.3 Å². The summed E-state index contributed by atoms with van der Waals surface area (Å²) in [4.78, 5) is 3.01. The Morgan fingerprint density at radius 1 is 1.29 bits per heavy atom. The molecule has 0 saturated carbocycles. The third-order valence-corrected chi connectivity index (χ3v) is 3.83. The highest BCUT2D eigenvalue weighted by molar-refractivity contribution is 7.15. The van der Waals surface area contributed by atoms with E-state index in [1.54, 1.807) is 23.6 Å². The summed E-state index contributed by atoms with van der Waals surface area (Å²) in [7, 11) is 0. The number of anilines is 1. The van der Waals surface area contributed by atoms with E-state index < -0.39 is 11.1 Å². The first-order chi connectivity index (χ1) is 9.95. The zero-order valence-electron chi connectivity index (χ0n) is 10.8. The van der Waals surface area contributed by atoms with Crippen molar-refractivity contribution in [1.82, 2.24) is 19.6 Å². The van der Waals surface area contributed by atoms with Crippen LogP contribution in [0.2, 0.25) is 0 Å². The number of nitrogens with zero attached hydrogens (tertiary/aromatic N) is 4. The first kappa shape index (κ1) is 13.8. The predicted molar refractivity (Wildman–Crippen MR) is 72.1 cm³/mol. The lowest BCUT2D eigenvalue weighted by Gasteiger charge is -2.10. The van der Waals surface area contributed by atoms with Gasteiger partial charge in [0.1, 0.15) is 4.88 Å². The average molecular weight is 313 g/mol. The van der Waals surface area contributed by atoms with Gasteiger partial charge in [0, 0.05) is 6.20 Å². The van der Waals surface area contributed by atoms with Gasteiger partial charge < -0.3 is 5.32 Å². The number of rotatable bonds is 3. The molecular weight excluding hydrogens is 303 g/mol. The van der Waals surface area contributed by atoms with Crippen LogP contribution in [0, 0.1) is 0 Å². The highest BCUT2D eigenvalue weighted by Gasteiger charge is 2.33. The van der Waals surface area contributed by atoms with Crippen LogP contribution in [0.25, 0.3) is 5.65 Å². The number of hydrogen-bond acceptors (Lipinski definition) is 5. The SMILES string of the molecule is CC(Nc1ncc(C(F)(F)F)s1)c1nnc2ccccn12. The molecule has 0 spiro atoms. The Labute approximate surface area is 121 Å². The maximum Gasteiger partial charge on any atom is 0.427 e. The first-order valence-electron chi connectivity index (χ1n) is 6.04. The molecule has 5 nitrogen and oxygen atoms in total. The molecule has 0 bridgehead atoms. The van der Waals surface area contributed by atoms with Crippen molar-refractivity contribution in [2.75, 3.05) is 5.32 Å². The Bertz CT molecular complexity index is 763. The summed E-state index contributed by atoms with van der Waals surface area (Å²) >= 11 is 0.566. The minimum atomic E-state index is -4.37. The van der Waals surface area contributed by atoms with E-state index in [-0.39, 0.29) is 11.2 Å². The van der Waals surface area contributed by atoms with Gasteiger partial charge in [0.15, 0.2) is 16.6 Å². The minimum Gasteiger partial charge on any atom is -0.352 e. The summed E-state index contributed by atoms with van der Waals surface area (Å²) in [5.74, 6) is 0.606. The molecule has 0 amide bonds. The number of pyridine rings is 1. The molecule has 3 heterocycles. The van der Waals surface area contributed by atoms with Crippen molar-refractivity contribution in [3.63, 3.8) is 0 Å². The van der Waals surface area contributed by atoms with Gasteiger partial charge in [-0.3, -0.25) is 4.40 Å². The van der Waals surface area contributed by atoms with E-state index in [4.69, 9.17) is 0 Å². The molecule has 3 rings (SSSR count). The molecule has 0 saturated heterocycles. The third kappa shape index (κ3) is 2.68. The van der Waals surface area contributed by atoms with E-state index in [2.05, 4.69) is 20.5 Å². The Hall–Kier alpha value is -2.16. The number of nitrogens with one attached hydrogen (secondary N) is 1. The molecule has 0 aliphatic carbocycles. The van der Waals surface area contributed by atoms with Gasteiger partial charge in [0.2, 0.25) is 0 Å². The van der Waals surface area contributed by atoms with Crippen molar-refractivity contribution < 1.29 is 13.2 Å². The van der Waals surface area contributed by atoms with Crippen molar-refractivity contribution in [3.8, 4) is 0 Å². The second-order valence-corrected chi connectivity index (χ2v) is 5.41. The second kappa shape index (κ2) is 4.99. The van der Waals surface area contributed by atoms with Crippen molar-refractivity contribution >= 4 is 22.1 Å². The van der Waals surface area contributed by atoms with Crippen molar-refractivity contribution in [2.45, 2.75) is 19.1 Å². The number of hydrogen-bond donors (Lipinski definition) is 1. The maximum absolute atomic E-state index is 12.5. The number of thiazole rings is 1. The van der Waals surface area contributed by atoms with Gasteiger partial charge in [-0.05, 0) is 19.1 Å². The molecule has 110 valence electrons. The molecular formula is C12H10F3N5S. The third-order valence-electron chi connectivity index (χ3n) is 2.85. The fourth-order valence-electron chi connectivity index (χ4n) is 1.88. The quantitative estimate of drug-likeness (QED) is 0.805. The van der Waals surface area contributed by atoms with Crippen molar-refractivity contribution in [2.24, 2.45) is 0 Å². The predicted octanol–water partition coefficient (Wildman–Crippen LogP) is 3.38. The highest BCUT2D eigenvalue weighted by atomic mass is 32.1. The number of aromatic nitrogens is 4. The molecule has 9 heteroatoms. The highest BCUT2D eigenvalue weighted by Crippen LogP contribution is 2.35. The summed E-state index contributed by atoms with van der Waals surface area (Å²) < 4.78 is 39.4. The molecule has 0 aliphatic heterocycles. The number of halogens is 3. The Balaban J connectivity index is 1.83. The minimum absolute atomic E-state index is 0.197. The Morgan fingerprint density at radius 3 is 2.81 bits per heavy atom. The lowest BCUT2D eigenvalue weighted by molar-refractivity contribution is -0.134. The number of alkyl halides is 3. The van der Waals surface area contributed by atoms with E-state index in [9.17, 15) is 13.2 Å². The molecule has 1 atom stereocenters. The van der Waals surface area contributed by atoms with Gasteiger partial charge in [-0.2, -0.15) is 13.2 Å². The monoisotopic (exact) mass is 313 g/mol. The Morgan fingerprint density at radius 2 is 2.10 bits per heavy atom. The summed E-state index contributed by atoms with van der Waals surface area (Å²) in [6.45, 7) is 1.79. The lowest BCUT2D eigenvalue weighted by Crippen LogP contribution is -2.10. The summed E-state index contributed by atoms with van der Waals surface area (Å²) in [5, 5.41) is 11.2. The molecule has 3 aromatic heterocycles. The Kier molecular flexibility index (Phi) is 3.28. The molecule has 1 unspecified atom stereocenters. The molecule has 21 heavy (non-hydrogen) atoms. The van der Waals surface area contributed by atoms with E-state index in [1.165, 1.54) is 0 Å². The normalized spacial score (nSPS) is 13.5. The van der Waals surface area contributed by atoms with Crippen LogP contribution in [0.1, 0.15) is 23.7 Å². The fourth-order valence-corrected chi connectivity index (χ4v) is 2.65. The zero-order valence-corrected chi connectivity index (χ0v) is 11.6. The molecule has 0 fully saturated rings. The standard InChI is InChI=1S/C12H10F3N5S/c1-7(10-19-18-9-4-2-3-5-20(9)10)17-11-16-6-8(21-11)12(13,14)15/h2-7H,1H3,(H,16,17). The topological polar surface area (TPSA) is 55.1 Å². The van der Waals surface area contributed by atoms with Crippen LogP contribution in [-0.2, 0) is 6.18 Å². The van der Waals surface area contributed by atoms with Crippen LogP contribution < -0.4 is 5.32 Å². The van der Waals surface area contributed by atoms with Gasteiger partial charge in [0.05, 0.1) is 12.2 Å². The smallest absolute Gasteiger partial charge is 0.352 e. The van der Waals surface area contributed by atoms with Gasteiger partial charge in [-0.15, -0.1) is 10.2 Å². The molecule has 0 aliphatic rings. The number of fused-ring (bicyclic) bond motifs is 1. The van der Waals surface area contributed by atoms with Crippen LogP contribution >= 0.6 is 11.3 Å².